The number of thioether (sulfide) groups is 1. The van der Waals surface area contributed by atoms with Crippen LogP contribution in [0.3, 0.4) is 0 Å². The number of rotatable bonds is 6. The van der Waals surface area contributed by atoms with Gasteiger partial charge in [0.15, 0.2) is 4.34 Å². The summed E-state index contributed by atoms with van der Waals surface area (Å²) in [7, 11) is 1.63. The number of hydrogen-bond acceptors (Lipinski definition) is 6. The van der Waals surface area contributed by atoms with Crippen molar-refractivity contribution < 1.29 is 9.53 Å². The monoisotopic (exact) mass is 323 g/mol. The zero-order valence-corrected chi connectivity index (χ0v) is 13.8. The van der Waals surface area contributed by atoms with Crippen molar-refractivity contribution in [3.8, 4) is 5.75 Å². The molecule has 1 amide bonds. The Labute approximate surface area is 132 Å². The van der Waals surface area contributed by atoms with Gasteiger partial charge in [-0.15, -0.1) is 10.2 Å². The second-order valence-electron chi connectivity index (χ2n) is 4.41. The van der Waals surface area contributed by atoms with Gasteiger partial charge < -0.3 is 10.1 Å². The number of methoxy groups -OCH3 is 1. The highest BCUT2D eigenvalue weighted by atomic mass is 32.2. The number of carbonyl (C=O) groups excluding carboxylic acids is 1. The number of amides is 1. The molecule has 2 aromatic rings. The topological polar surface area (TPSA) is 64.1 Å². The van der Waals surface area contributed by atoms with Gasteiger partial charge in [0.25, 0.3) is 0 Å². The van der Waals surface area contributed by atoms with Gasteiger partial charge in [0.2, 0.25) is 5.91 Å². The molecule has 2 rings (SSSR count). The summed E-state index contributed by atoms with van der Waals surface area (Å²) in [6.07, 6.45) is 0. The first-order chi connectivity index (χ1) is 10.1. The number of aryl methyl sites for hydroxylation is 1. The van der Waals surface area contributed by atoms with Crippen molar-refractivity contribution in [2.24, 2.45) is 0 Å². The van der Waals surface area contributed by atoms with Crippen molar-refractivity contribution in [2.45, 2.75) is 30.0 Å². The van der Waals surface area contributed by atoms with Gasteiger partial charge in [-0.1, -0.05) is 35.2 Å². The number of benzene rings is 1. The summed E-state index contributed by atoms with van der Waals surface area (Å²) in [6, 6.07) is 7.63. The minimum atomic E-state index is -0.199. The SMILES string of the molecule is COc1ccc(CNC(=O)[C@@H](C)Sc2nnc(C)s2)cc1. The maximum Gasteiger partial charge on any atom is 0.233 e. The lowest BCUT2D eigenvalue weighted by Gasteiger charge is -2.10. The van der Waals surface area contributed by atoms with Gasteiger partial charge in [0.1, 0.15) is 10.8 Å². The second-order valence-corrected chi connectivity index (χ2v) is 7.18. The molecule has 0 radical (unpaired) electrons. The average Bonchev–Trinajstić information content (AvgIpc) is 2.90. The smallest absolute Gasteiger partial charge is 0.233 e. The van der Waals surface area contributed by atoms with E-state index in [0.717, 1.165) is 20.7 Å². The molecule has 0 saturated carbocycles. The molecule has 1 N–H and O–H groups in total. The third-order valence-corrected chi connectivity index (χ3v) is 4.80. The van der Waals surface area contributed by atoms with E-state index >= 15 is 0 Å². The van der Waals surface area contributed by atoms with Gasteiger partial charge in [0, 0.05) is 6.54 Å². The molecule has 0 spiro atoms. The minimum absolute atomic E-state index is 0.0105. The van der Waals surface area contributed by atoms with E-state index in [0.29, 0.717) is 6.54 Å². The third kappa shape index (κ3) is 4.71. The van der Waals surface area contributed by atoms with Crippen LogP contribution in [-0.4, -0.2) is 28.5 Å². The van der Waals surface area contributed by atoms with Crippen molar-refractivity contribution in [1.82, 2.24) is 15.5 Å². The molecule has 0 aliphatic heterocycles. The summed E-state index contributed by atoms with van der Waals surface area (Å²) >= 11 is 2.93. The van der Waals surface area contributed by atoms with E-state index in [-0.39, 0.29) is 11.2 Å². The number of ether oxygens (including phenoxy) is 1. The summed E-state index contributed by atoms with van der Waals surface area (Å²) < 4.78 is 5.92. The minimum Gasteiger partial charge on any atom is -0.497 e. The summed E-state index contributed by atoms with van der Waals surface area (Å²) in [6.45, 7) is 4.27. The van der Waals surface area contributed by atoms with Gasteiger partial charge in [-0.2, -0.15) is 0 Å². The fourth-order valence-electron chi connectivity index (χ4n) is 1.61. The molecule has 7 heteroatoms. The Morgan fingerprint density at radius 3 is 2.67 bits per heavy atom. The highest BCUT2D eigenvalue weighted by Gasteiger charge is 2.16. The molecule has 0 fully saturated rings. The predicted octanol–water partition coefficient (Wildman–Crippen LogP) is 2.65. The number of nitrogens with one attached hydrogen (secondary N) is 1. The summed E-state index contributed by atoms with van der Waals surface area (Å²) in [5.41, 5.74) is 1.04. The Kier molecular flexibility index (Phi) is 5.58. The molecule has 0 saturated heterocycles. The van der Waals surface area contributed by atoms with E-state index in [1.54, 1.807) is 7.11 Å². The Balaban J connectivity index is 1.82. The van der Waals surface area contributed by atoms with Crippen molar-refractivity contribution in [3.05, 3.63) is 34.8 Å². The predicted molar refractivity (Wildman–Crippen MR) is 84.8 cm³/mol. The molecule has 21 heavy (non-hydrogen) atoms. The summed E-state index contributed by atoms with van der Waals surface area (Å²) in [5.74, 6) is 0.796. The van der Waals surface area contributed by atoms with Crippen LogP contribution < -0.4 is 10.1 Å². The van der Waals surface area contributed by atoms with E-state index in [1.165, 1.54) is 23.1 Å². The second kappa shape index (κ2) is 7.42. The van der Waals surface area contributed by atoms with Crippen LogP contribution in [0.5, 0.6) is 5.75 Å². The van der Waals surface area contributed by atoms with Crippen LogP contribution in [0.1, 0.15) is 17.5 Å². The lowest BCUT2D eigenvalue weighted by molar-refractivity contribution is -0.120. The fraction of sp³-hybridized carbons (Fsp3) is 0.357. The Morgan fingerprint density at radius 2 is 2.10 bits per heavy atom. The number of carbonyl (C=O) groups is 1. The van der Waals surface area contributed by atoms with E-state index in [4.69, 9.17) is 4.74 Å². The van der Waals surface area contributed by atoms with Crippen LogP contribution in [0.4, 0.5) is 0 Å². The van der Waals surface area contributed by atoms with Crippen LogP contribution in [0.2, 0.25) is 0 Å². The molecule has 5 nitrogen and oxygen atoms in total. The molecular weight excluding hydrogens is 306 g/mol. The standard InChI is InChI=1S/C14H17N3O2S2/c1-9(20-14-17-16-10(2)21-14)13(18)15-8-11-4-6-12(19-3)7-5-11/h4-7,9H,8H2,1-3H3,(H,15,18)/t9-/m1/s1. The molecule has 1 aromatic heterocycles. The first kappa shape index (κ1) is 15.8. The Bertz CT molecular complexity index is 599. The molecule has 1 heterocycles. The molecular formula is C14H17N3O2S2. The van der Waals surface area contributed by atoms with Crippen molar-refractivity contribution in [3.63, 3.8) is 0 Å². The molecule has 0 aliphatic carbocycles. The third-order valence-electron chi connectivity index (χ3n) is 2.78. The summed E-state index contributed by atoms with van der Waals surface area (Å²) in [5, 5.41) is 11.6. The largest absolute Gasteiger partial charge is 0.497 e. The first-order valence-corrected chi connectivity index (χ1v) is 8.15. The lowest BCUT2D eigenvalue weighted by atomic mass is 10.2. The normalized spacial score (nSPS) is 12.0. The van der Waals surface area contributed by atoms with E-state index in [1.807, 2.05) is 38.1 Å². The van der Waals surface area contributed by atoms with E-state index in [2.05, 4.69) is 15.5 Å². The fourth-order valence-corrected chi connectivity index (χ4v) is 3.59. The number of hydrogen-bond donors (Lipinski definition) is 1. The Morgan fingerprint density at radius 1 is 1.38 bits per heavy atom. The molecule has 0 unspecified atom stereocenters. The van der Waals surface area contributed by atoms with E-state index in [9.17, 15) is 4.79 Å². The quantitative estimate of drug-likeness (QED) is 0.828. The van der Waals surface area contributed by atoms with Crippen LogP contribution in [-0.2, 0) is 11.3 Å². The maximum absolute atomic E-state index is 12.1. The van der Waals surface area contributed by atoms with Crippen LogP contribution in [0, 0.1) is 6.92 Å². The molecule has 0 bridgehead atoms. The number of aromatic nitrogens is 2. The lowest BCUT2D eigenvalue weighted by Crippen LogP contribution is -2.30. The molecule has 1 atom stereocenters. The van der Waals surface area contributed by atoms with Crippen molar-refractivity contribution in [2.75, 3.05) is 7.11 Å². The molecule has 1 aromatic carbocycles. The molecule has 0 aliphatic rings. The van der Waals surface area contributed by atoms with Gasteiger partial charge in [-0.05, 0) is 31.5 Å². The van der Waals surface area contributed by atoms with Gasteiger partial charge >= 0.3 is 0 Å². The van der Waals surface area contributed by atoms with Crippen LogP contribution in [0.15, 0.2) is 28.6 Å². The zero-order valence-electron chi connectivity index (χ0n) is 12.1. The average molecular weight is 323 g/mol. The van der Waals surface area contributed by atoms with Gasteiger partial charge in [0.05, 0.1) is 12.4 Å². The van der Waals surface area contributed by atoms with Crippen LogP contribution in [0.25, 0.3) is 0 Å². The zero-order chi connectivity index (χ0) is 15.2. The van der Waals surface area contributed by atoms with Crippen LogP contribution >= 0.6 is 23.1 Å². The van der Waals surface area contributed by atoms with E-state index < -0.39 is 0 Å². The molecule has 112 valence electrons. The Hall–Kier alpha value is -1.60. The number of nitrogens with zero attached hydrogens (tertiary/aromatic N) is 2. The summed E-state index contributed by atoms with van der Waals surface area (Å²) in [4.78, 5) is 12.1. The highest BCUT2D eigenvalue weighted by molar-refractivity contribution is 8.02. The van der Waals surface area contributed by atoms with Crippen molar-refractivity contribution in [1.29, 1.82) is 0 Å². The maximum atomic E-state index is 12.1. The highest BCUT2D eigenvalue weighted by Crippen LogP contribution is 2.26. The van der Waals surface area contributed by atoms with Gasteiger partial charge in [-0.25, -0.2) is 0 Å². The first-order valence-electron chi connectivity index (χ1n) is 6.46. The van der Waals surface area contributed by atoms with Gasteiger partial charge in [-0.3, -0.25) is 4.79 Å². The van der Waals surface area contributed by atoms with Crippen molar-refractivity contribution >= 4 is 29.0 Å².